The monoisotopic (exact) mass is 1270 g/mol. The molecule has 8 bridgehead atoms. The molecule has 0 saturated heterocycles. The van der Waals surface area contributed by atoms with Crippen molar-refractivity contribution in [2.24, 2.45) is 28.2 Å². The van der Waals surface area contributed by atoms with E-state index in [9.17, 15) is 0 Å². The van der Waals surface area contributed by atoms with Crippen LogP contribution in [0, 0.1) is 93.1 Å². The lowest BCUT2D eigenvalue weighted by Gasteiger charge is -2.15. The van der Waals surface area contributed by atoms with Crippen LogP contribution in [-0.2, 0) is 28.2 Å². The van der Waals surface area contributed by atoms with E-state index in [1.807, 2.05) is 0 Å². The molecule has 1 aliphatic rings. The number of pyridine rings is 4. The lowest BCUT2D eigenvalue weighted by atomic mass is 9.96. The van der Waals surface area contributed by atoms with Gasteiger partial charge < -0.3 is 19.9 Å². The minimum atomic E-state index is -2.09. The summed E-state index contributed by atoms with van der Waals surface area (Å²) < 4.78 is 279. The first-order valence-corrected chi connectivity index (χ1v) is 27.5. The van der Waals surface area contributed by atoms with E-state index in [1.165, 1.54) is 102 Å². The summed E-state index contributed by atoms with van der Waals surface area (Å²) in [6.45, 7) is 0. The van der Waals surface area contributed by atoms with Gasteiger partial charge in [-0.2, -0.15) is 0 Å². The Morgan fingerprint density at radius 1 is 0.207 bits per heavy atom. The zero-order chi connectivity index (χ0) is 65.2. The number of hydrogen-bond acceptors (Lipinski definition) is 0. The van der Waals surface area contributed by atoms with Crippen LogP contribution in [0.15, 0.2) is 146 Å². The Morgan fingerprint density at radius 3 is 0.554 bits per heavy atom. The summed E-state index contributed by atoms with van der Waals surface area (Å²) in [6.07, 6.45) is 5.25. The number of aromatic amines is 4. The van der Waals surface area contributed by atoms with E-state index >= 15 is 70.2 Å². The van der Waals surface area contributed by atoms with Gasteiger partial charge in [-0.05, 0) is 72.8 Å². The Hall–Kier alpha value is -11.0. The number of fused-ring (bicyclic) bond motifs is 8. The number of nitrogens with zero attached hydrogens (tertiary/aromatic N) is 4. The molecule has 0 atom stereocenters. The van der Waals surface area contributed by atoms with Crippen LogP contribution >= 0.6 is 0 Å². The molecule has 0 amide bonds. The molecule has 13 rings (SSSR count). The molecular formula is C68H40F16N8+4. The van der Waals surface area contributed by atoms with E-state index in [4.69, 9.17) is 0 Å². The van der Waals surface area contributed by atoms with E-state index in [0.29, 0.717) is 0 Å². The maximum atomic E-state index is 17.4. The zero-order valence-electron chi connectivity index (χ0n) is 47.7. The smallest absolute Gasteiger partial charge is 0.218 e. The minimum absolute atomic E-state index is 0.376. The molecule has 92 heavy (non-hydrogen) atoms. The molecule has 8 nitrogen and oxygen atoms in total. The fraction of sp³-hybridized carbons (Fsp3) is 0.0588. The average Bonchev–Trinajstić information content (AvgIpc) is 1.42. The number of nitrogens with one attached hydrogen (secondary N) is 4. The quantitative estimate of drug-likeness (QED) is 0.0665. The van der Waals surface area contributed by atoms with Gasteiger partial charge in [-0.25, -0.2) is 88.5 Å². The van der Waals surface area contributed by atoms with Crippen LogP contribution in [0.1, 0.15) is 45.0 Å². The van der Waals surface area contributed by atoms with Gasteiger partial charge in [-0.15, -0.1) is 0 Å². The van der Waals surface area contributed by atoms with E-state index in [2.05, 4.69) is 19.9 Å². The van der Waals surface area contributed by atoms with Crippen LogP contribution in [0.25, 0.3) is 67.3 Å². The highest BCUT2D eigenvalue weighted by Gasteiger charge is 2.39. The van der Waals surface area contributed by atoms with Crippen LogP contribution in [0.5, 0.6) is 0 Å². The highest BCUT2D eigenvalue weighted by atomic mass is 19.2. The van der Waals surface area contributed by atoms with Crippen molar-refractivity contribution < 1.29 is 88.5 Å². The molecule has 0 saturated carbocycles. The van der Waals surface area contributed by atoms with Crippen molar-refractivity contribution in [3.8, 4) is 45.0 Å². The van der Waals surface area contributed by atoms with Gasteiger partial charge in [-0.3, -0.25) is 0 Å². The number of H-pyrrole nitrogens is 4. The lowest BCUT2D eigenvalue weighted by Crippen LogP contribution is -2.31. The maximum absolute atomic E-state index is 17.4. The number of halogens is 16. The Labute approximate surface area is 507 Å². The number of benzene rings is 4. The standard InChI is InChI=1S/C68H38F16N8/c1-89-25-9-5-13-37(89)45-53(69)61(77)49(62(78)54(45)70)41-29-17-19-31(85-29)42(50-63(79)55(71)46(56(72)64(50)80)38-14-6-10-26-90(38)2)33-21-23-35(87-33)44(52-67(83)59(75)48(60(76)68(52)84)40-16-8-12-28-92(40)4)36-24-22-34(88-36)43(32-20-18-30(41)86-32)51-65(81)57(73)47(58(74)66(51)82)39-15-7-11-27-91(39)3/h5-28H,1-4H3,(H2,85,86,87,88)/q+2/p+2. The molecule has 0 unspecified atom stereocenters. The van der Waals surface area contributed by atoms with E-state index < -0.39 is 204 Å². The molecule has 9 heterocycles. The summed E-state index contributed by atoms with van der Waals surface area (Å²) in [5, 5.41) is -2.66. The van der Waals surface area contributed by atoms with Gasteiger partial charge in [0.2, 0.25) is 22.8 Å². The van der Waals surface area contributed by atoms with Crippen molar-refractivity contribution in [1.82, 2.24) is 19.9 Å². The topological polar surface area (TPSA) is 78.7 Å². The van der Waals surface area contributed by atoms with Crippen LogP contribution in [0.4, 0.5) is 70.2 Å². The summed E-state index contributed by atoms with van der Waals surface area (Å²) in [4.78, 5) is 10.6. The fourth-order valence-electron chi connectivity index (χ4n) is 11.8. The molecule has 24 heteroatoms. The van der Waals surface area contributed by atoms with Crippen molar-refractivity contribution in [2.45, 2.75) is 0 Å². The van der Waals surface area contributed by atoms with Crippen molar-refractivity contribution in [1.29, 1.82) is 0 Å². The predicted octanol–water partition coefficient (Wildman–Crippen LogP) is 10.5. The second kappa shape index (κ2) is 22.5. The van der Waals surface area contributed by atoms with E-state index in [0.717, 1.165) is 91.1 Å². The summed E-state index contributed by atoms with van der Waals surface area (Å²) in [7, 11) is 5.25. The van der Waals surface area contributed by atoms with Gasteiger partial charge >= 0.3 is 0 Å². The largest absolute Gasteiger partial charge is 0.354 e. The summed E-state index contributed by atoms with van der Waals surface area (Å²) in [6, 6.07) is 22.9. The fourth-order valence-corrected chi connectivity index (χ4v) is 11.8. The number of rotatable bonds is 8. The third kappa shape index (κ3) is 9.15. The molecule has 8 aromatic heterocycles. The van der Waals surface area contributed by atoms with Crippen molar-refractivity contribution >= 4 is 22.3 Å². The van der Waals surface area contributed by atoms with E-state index in [-0.39, 0.29) is 22.8 Å². The van der Waals surface area contributed by atoms with Gasteiger partial charge in [0.05, 0.1) is 22.3 Å². The Kier molecular flexibility index (Phi) is 14.6. The summed E-state index contributed by atoms with van der Waals surface area (Å²) in [5.74, 6) is -32.6. The predicted molar refractivity (Wildman–Crippen MR) is 300 cm³/mol. The average molecular weight is 1270 g/mol. The minimum Gasteiger partial charge on any atom is -0.354 e. The van der Waals surface area contributed by atoms with Crippen LogP contribution in [0.2, 0.25) is 0 Å². The first-order chi connectivity index (χ1) is 44.0. The molecule has 0 fully saturated rings. The molecule has 0 spiro atoms. The Bertz CT molecular complexity index is 4670. The number of aromatic nitrogens is 8. The molecular weight excluding hydrogens is 1230 g/mol. The molecule has 4 N–H and O–H groups in total. The number of hydrogen-bond donors (Lipinski definition) is 4. The van der Waals surface area contributed by atoms with Crippen LogP contribution < -0.4 is 39.7 Å². The van der Waals surface area contributed by atoms with Gasteiger partial charge in [0.1, 0.15) is 50.4 Å². The normalized spacial score (nSPS) is 12.5. The first kappa shape index (κ1) is 59.9. The van der Waals surface area contributed by atoms with Gasteiger partial charge in [0.15, 0.2) is 118 Å². The second-order valence-electron chi connectivity index (χ2n) is 21.5. The zero-order valence-corrected chi connectivity index (χ0v) is 47.7. The summed E-state index contributed by atoms with van der Waals surface area (Å²) >= 11 is 0. The third-order valence-corrected chi connectivity index (χ3v) is 16.2. The Morgan fingerprint density at radius 2 is 0.380 bits per heavy atom. The number of aryl methyl sites for hydroxylation is 4. The second-order valence-corrected chi connectivity index (χ2v) is 21.5. The molecule has 4 aromatic carbocycles. The van der Waals surface area contributed by atoms with E-state index in [1.54, 1.807) is 0 Å². The third-order valence-electron chi connectivity index (χ3n) is 16.2. The first-order valence-electron chi connectivity index (χ1n) is 27.5. The lowest BCUT2D eigenvalue weighted by molar-refractivity contribution is -0.660. The van der Waals surface area contributed by atoms with Gasteiger partial charge in [0.25, 0.3) is 0 Å². The molecule has 12 aromatic rings. The molecule has 0 aliphatic carbocycles. The van der Waals surface area contributed by atoms with Crippen molar-refractivity contribution in [2.75, 3.05) is 0 Å². The molecule has 460 valence electrons. The van der Waals surface area contributed by atoms with Crippen LogP contribution in [0.3, 0.4) is 0 Å². The maximum Gasteiger partial charge on any atom is 0.218 e. The Balaban J connectivity index is 1.21. The SMILES string of the molecule is C[n+]1ccccc1-c1c(F)c(F)c(C2=c3ccc([nH]3)=C(c3c(F)c(F)c(-c4cccc[n+]4C)c(F)c3F)c3ccc([nH]3)C(c3c(F)c(F)c(-c4cccc[n+]4C)c(F)c3F)=c3ccc([nH]3)=C(c3c(F)c(F)c(-c4cccc[n+]4C)c(F)c3F)c3ccc2[nH]3)c(F)c1F. The van der Waals surface area contributed by atoms with Gasteiger partial charge in [-0.1, -0.05) is 0 Å². The van der Waals surface area contributed by atoms with Crippen molar-refractivity contribution in [3.63, 3.8) is 0 Å². The molecule has 1 aliphatic heterocycles. The highest BCUT2D eigenvalue weighted by Crippen LogP contribution is 2.41. The highest BCUT2D eigenvalue weighted by molar-refractivity contribution is 5.87. The van der Waals surface area contributed by atoms with Crippen molar-refractivity contribution in [3.05, 3.63) is 306 Å². The summed E-state index contributed by atoms with van der Waals surface area (Å²) in [5.41, 5.74) is -18.8. The van der Waals surface area contributed by atoms with Gasteiger partial charge in [0, 0.05) is 115 Å². The molecule has 0 radical (unpaired) electrons. The van der Waals surface area contributed by atoms with Crippen LogP contribution in [-0.4, -0.2) is 19.9 Å².